The average Bonchev–Trinajstić information content (AvgIpc) is 2.29. The minimum atomic E-state index is 0.0240. The lowest BCUT2D eigenvalue weighted by Gasteiger charge is -2.43. The van der Waals surface area contributed by atoms with Crippen LogP contribution in [-0.4, -0.2) is 24.0 Å². The fraction of sp³-hybridized carbons (Fsp3) is 1.00. The molecule has 0 radical (unpaired) electrons. The maximum absolute atomic E-state index is 6.34. The molecule has 0 bridgehead atoms. The Bertz CT molecular complexity index is 233. The summed E-state index contributed by atoms with van der Waals surface area (Å²) in [5, 5.41) is 0. The van der Waals surface area contributed by atoms with Crippen LogP contribution in [0.3, 0.4) is 0 Å². The molecule has 0 fully saturated rings. The van der Waals surface area contributed by atoms with Crippen molar-refractivity contribution in [1.29, 1.82) is 0 Å². The quantitative estimate of drug-likeness (QED) is 0.532. The zero-order chi connectivity index (χ0) is 15.4. The third kappa shape index (κ3) is 4.79. The molecule has 2 unspecified atom stereocenters. The molecular formula is C16H32Cl2O. The van der Waals surface area contributed by atoms with Gasteiger partial charge in [-0.3, -0.25) is 0 Å². The molecule has 0 spiro atoms. The van der Waals surface area contributed by atoms with Gasteiger partial charge in [0, 0.05) is 11.8 Å². The molecule has 0 aliphatic rings. The van der Waals surface area contributed by atoms with Crippen LogP contribution in [0.5, 0.6) is 0 Å². The molecule has 0 aliphatic heterocycles. The van der Waals surface area contributed by atoms with E-state index in [0.29, 0.717) is 23.6 Å². The second-order valence-electron chi connectivity index (χ2n) is 7.37. The molecule has 3 heteroatoms. The lowest BCUT2D eigenvalue weighted by Crippen LogP contribution is -2.46. The molecule has 0 amide bonds. The van der Waals surface area contributed by atoms with E-state index >= 15 is 0 Å². The molecule has 0 saturated carbocycles. The van der Waals surface area contributed by atoms with Crippen LogP contribution in [0.15, 0.2) is 0 Å². The van der Waals surface area contributed by atoms with Gasteiger partial charge in [-0.15, -0.1) is 23.2 Å². The summed E-state index contributed by atoms with van der Waals surface area (Å²) in [6, 6.07) is 0. The van der Waals surface area contributed by atoms with Gasteiger partial charge in [-0.05, 0) is 22.7 Å². The molecule has 1 nitrogen and oxygen atoms in total. The minimum absolute atomic E-state index is 0.0240. The Hall–Kier alpha value is 0.540. The molecule has 2 atom stereocenters. The van der Waals surface area contributed by atoms with E-state index in [-0.39, 0.29) is 23.0 Å². The molecule has 116 valence electrons. The van der Waals surface area contributed by atoms with Gasteiger partial charge < -0.3 is 4.74 Å². The highest BCUT2D eigenvalue weighted by molar-refractivity contribution is 6.18. The Labute approximate surface area is 130 Å². The van der Waals surface area contributed by atoms with E-state index in [1.54, 1.807) is 0 Å². The minimum Gasteiger partial charge on any atom is -0.371 e. The Morgan fingerprint density at radius 2 is 1.00 bits per heavy atom. The SMILES string of the molecule is CC(C)C(C)(C)C(CCl)OC(CCl)C(C)(C)C(C)C. The highest BCUT2D eigenvalue weighted by atomic mass is 35.5. The number of ether oxygens (including phenoxy) is 1. The summed E-state index contributed by atoms with van der Waals surface area (Å²) in [5.41, 5.74) is 0.0816. The van der Waals surface area contributed by atoms with Crippen LogP contribution in [0.1, 0.15) is 55.4 Å². The van der Waals surface area contributed by atoms with E-state index in [1.807, 2.05) is 0 Å². The number of hydrogen-bond acceptors (Lipinski definition) is 1. The monoisotopic (exact) mass is 310 g/mol. The lowest BCUT2D eigenvalue weighted by molar-refractivity contribution is -0.116. The van der Waals surface area contributed by atoms with Gasteiger partial charge in [0.1, 0.15) is 0 Å². The van der Waals surface area contributed by atoms with Crippen molar-refractivity contribution < 1.29 is 4.74 Å². The standard InChI is InChI=1S/C16H32Cl2O/c1-11(2)15(5,6)13(9-17)19-14(10-18)16(7,8)12(3)4/h11-14H,9-10H2,1-8H3. The van der Waals surface area contributed by atoms with Gasteiger partial charge in [0.15, 0.2) is 0 Å². The van der Waals surface area contributed by atoms with Crippen LogP contribution >= 0.6 is 23.2 Å². The van der Waals surface area contributed by atoms with Crippen molar-refractivity contribution in [2.45, 2.75) is 67.6 Å². The van der Waals surface area contributed by atoms with E-state index < -0.39 is 0 Å². The van der Waals surface area contributed by atoms with Crippen LogP contribution < -0.4 is 0 Å². The zero-order valence-electron chi connectivity index (χ0n) is 13.9. The highest BCUT2D eigenvalue weighted by Crippen LogP contribution is 2.39. The van der Waals surface area contributed by atoms with E-state index in [9.17, 15) is 0 Å². The summed E-state index contributed by atoms with van der Waals surface area (Å²) < 4.78 is 6.34. The van der Waals surface area contributed by atoms with Gasteiger partial charge in [0.25, 0.3) is 0 Å². The molecule has 19 heavy (non-hydrogen) atoms. The van der Waals surface area contributed by atoms with Crippen LogP contribution in [0.2, 0.25) is 0 Å². The summed E-state index contributed by atoms with van der Waals surface area (Å²) >= 11 is 12.3. The lowest BCUT2D eigenvalue weighted by atomic mass is 9.74. The Kier molecular flexibility index (Phi) is 7.73. The van der Waals surface area contributed by atoms with Crippen molar-refractivity contribution in [2.75, 3.05) is 11.8 Å². The number of rotatable bonds is 8. The molecule has 0 aliphatic carbocycles. The fourth-order valence-electron chi connectivity index (χ4n) is 1.76. The van der Waals surface area contributed by atoms with Crippen molar-refractivity contribution in [1.82, 2.24) is 0 Å². The second-order valence-corrected chi connectivity index (χ2v) is 7.99. The Morgan fingerprint density at radius 1 is 0.737 bits per heavy atom. The van der Waals surface area contributed by atoms with Crippen LogP contribution in [0.25, 0.3) is 0 Å². The van der Waals surface area contributed by atoms with Gasteiger partial charge in [-0.2, -0.15) is 0 Å². The van der Waals surface area contributed by atoms with Crippen molar-refractivity contribution >= 4 is 23.2 Å². The molecule has 0 N–H and O–H groups in total. The first kappa shape index (κ1) is 19.5. The Balaban J connectivity index is 5.05. The molecule has 0 rings (SSSR count). The summed E-state index contributed by atoms with van der Waals surface area (Å²) in [6.07, 6.45) is 0.0480. The van der Waals surface area contributed by atoms with Gasteiger partial charge in [-0.25, -0.2) is 0 Å². The third-order valence-electron chi connectivity index (χ3n) is 5.24. The number of alkyl halides is 2. The third-order valence-corrected chi connectivity index (χ3v) is 5.81. The van der Waals surface area contributed by atoms with E-state index in [0.717, 1.165) is 0 Å². The second kappa shape index (κ2) is 7.52. The molecule has 0 saturated heterocycles. The van der Waals surface area contributed by atoms with Crippen molar-refractivity contribution in [2.24, 2.45) is 22.7 Å². The maximum Gasteiger partial charge on any atom is 0.0768 e. The van der Waals surface area contributed by atoms with Crippen LogP contribution in [0, 0.1) is 22.7 Å². The van der Waals surface area contributed by atoms with E-state index in [4.69, 9.17) is 27.9 Å². The Morgan fingerprint density at radius 3 is 1.16 bits per heavy atom. The van der Waals surface area contributed by atoms with Gasteiger partial charge >= 0.3 is 0 Å². The number of halogens is 2. The summed E-state index contributed by atoms with van der Waals surface area (Å²) in [7, 11) is 0. The topological polar surface area (TPSA) is 9.23 Å². The maximum atomic E-state index is 6.34. The molecule has 0 aromatic heterocycles. The molecule has 0 aromatic carbocycles. The van der Waals surface area contributed by atoms with Crippen LogP contribution in [0.4, 0.5) is 0 Å². The molecular weight excluding hydrogens is 279 g/mol. The van der Waals surface area contributed by atoms with E-state index in [2.05, 4.69) is 55.4 Å². The fourth-order valence-corrected chi connectivity index (χ4v) is 2.70. The van der Waals surface area contributed by atoms with Gasteiger partial charge in [0.2, 0.25) is 0 Å². The predicted molar refractivity (Wildman–Crippen MR) is 87.3 cm³/mol. The van der Waals surface area contributed by atoms with Crippen molar-refractivity contribution in [3.05, 3.63) is 0 Å². The molecule has 0 heterocycles. The van der Waals surface area contributed by atoms with Gasteiger partial charge in [0.05, 0.1) is 12.2 Å². The smallest absolute Gasteiger partial charge is 0.0768 e. The highest BCUT2D eigenvalue weighted by Gasteiger charge is 2.39. The summed E-state index contributed by atoms with van der Waals surface area (Å²) in [6.45, 7) is 17.7. The first-order valence-corrected chi connectivity index (χ1v) is 8.36. The normalized spacial score (nSPS) is 17.1. The summed E-state index contributed by atoms with van der Waals surface area (Å²) in [4.78, 5) is 0. The van der Waals surface area contributed by atoms with Crippen molar-refractivity contribution in [3.8, 4) is 0 Å². The summed E-state index contributed by atoms with van der Waals surface area (Å²) in [5.74, 6) is 2.03. The van der Waals surface area contributed by atoms with Crippen LogP contribution in [-0.2, 0) is 4.74 Å². The molecule has 0 aromatic rings. The largest absolute Gasteiger partial charge is 0.371 e. The van der Waals surface area contributed by atoms with Crippen molar-refractivity contribution in [3.63, 3.8) is 0 Å². The first-order chi connectivity index (χ1) is 8.51. The van der Waals surface area contributed by atoms with E-state index in [1.165, 1.54) is 0 Å². The van der Waals surface area contributed by atoms with Gasteiger partial charge in [-0.1, -0.05) is 55.4 Å². The average molecular weight is 311 g/mol. The zero-order valence-corrected chi connectivity index (χ0v) is 15.4. The number of hydrogen-bond donors (Lipinski definition) is 0. The predicted octanol–water partition coefficient (Wildman–Crippen LogP) is 5.58. The first-order valence-electron chi connectivity index (χ1n) is 7.29.